The van der Waals surface area contributed by atoms with Gasteiger partial charge in [-0.15, -0.1) is 0 Å². The molecular weight excluding hydrogens is 152 g/mol. The molecule has 0 spiro atoms. The molecule has 1 fully saturated rings. The Morgan fingerprint density at radius 3 is 2.92 bits per heavy atom. The minimum atomic E-state index is -0.382. The van der Waals surface area contributed by atoms with Crippen molar-refractivity contribution in [1.82, 2.24) is 0 Å². The first-order valence-corrected chi connectivity index (χ1v) is 4.49. The fourth-order valence-electron chi connectivity index (χ4n) is 1.50. The number of aliphatic hydroxyl groups is 1. The van der Waals surface area contributed by atoms with Crippen LogP contribution in [0.15, 0.2) is 16.7 Å². The normalized spacial score (nSPS) is 19.5. The van der Waals surface area contributed by atoms with E-state index in [1.54, 1.807) is 6.26 Å². The molecule has 66 valence electrons. The maximum absolute atomic E-state index is 9.71. The van der Waals surface area contributed by atoms with Crippen molar-refractivity contribution < 1.29 is 9.52 Å². The fourth-order valence-corrected chi connectivity index (χ4v) is 1.50. The molecular formula is C10H14O2. The Balaban J connectivity index is 2.02. The largest absolute Gasteiger partial charge is 0.466 e. The maximum Gasteiger partial charge on any atom is 0.135 e. The van der Waals surface area contributed by atoms with E-state index in [1.807, 2.05) is 13.0 Å². The van der Waals surface area contributed by atoms with Crippen molar-refractivity contribution in [2.24, 2.45) is 5.92 Å². The van der Waals surface area contributed by atoms with E-state index < -0.39 is 0 Å². The summed E-state index contributed by atoms with van der Waals surface area (Å²) >= 11 is 0. The summed E-state index contributed by atoms with van der Waals surface area (Å²) in [5.74, 6) is 1.49. The van der Waals surface area contributed by atoms with Crippen molar-refractivity contribution in [1.29, 1.82) is 0 Å². The van der Waals surface area contributed by atoms with Crippen LogP contribution in [0, 0.1) is 12.8 Å². The zero-order chi connectivity index (χ0) is 8.55. The summed E-state index contributed by atoms with van der Waals surface area (Å²) in [4.78, 5) is 0. The lowest BCUT2D eigenvalue weighted by Crippen LogP contribution is -1.98. The van der Waals surface area contributed by atoms with Crippen molar-refractivity contribution in [2.45, 2.75) is 32.3 Å². The Morgan fingerprint density at radius 2 is 2.42 bits per heavy atom. The minimum Gasteiger partial charge on any atom is -0.466 e. The molecule has 0 radical (unpaired) electrons. The molecule has 1 aromatic heterocycles. The van der Waals surface area contributed by atoms with Crippen LogP contribution >= 0.6 is 0 Å². The van der Waals surface area contributed by atoms with Gasteiger partial charge in [0.25, 0.3) is 0 Å². The van der Waals surface area contributed by atoms with Gasteiger partial charge in [0, 0.05) is 0 Å². The molecule has 0 amide bonds. The van der Waals surface area contributed by atoms with Crippen molar-refractivity contribution in [3.05, 3.63) is 23.7 Å². The Morgan fingerprint density at radius 1 is 1.67 bits per heavy atom. The third-order valence-corrected chi connectivity index (χ3v) is 2.46. The van der Waals surface area contributed by atoms with Crippen LogP contribution in [0.25, 0.3) is 0 Å². The molecule has 0 saturated heterocycles. The van der Waals surface area contributed by atoms with E-state index in [-0.39, 0.29) is 6.10 Å². The highest BCUT2D eigenvalue weighted by Gasteiger charge is 2.26. The van der Waals surface area contributed by atoms with Crippen LogP contribution in [0.3, 0.4) is 0 Å². The molecule has 0 aliphatic heterocycles. The number of aryl methyl sites for hydroxylation is 1. The third kappa shape index (κ3) is 1.53. The molecule has 1 aliphatic carbocycles. The van der Waals surface area contributed by atoms with Gasteiger partial charge in [0.2, 0.25) is 0 Å². The highest BCUT2D eigenvalue weighted by atomic mass is 16.4. The smallest absolute Gasteiger partial charge is 0.135 e. The summed E-state index contributed by atoms with van der Waals surface area (Å²) in [5, 5.41) is 9.71. The number of rotatable bonds is 3. The molecule has 2 rings (SSSR count). The first-order valence-electron chi connectivity index (χ1n) is 4.49. The fraction of sp³-hybridized carbons (Fsp3) is 0.600. The number of furan rings is 1. The molecule has 1 aromatic rings. The second-order valence-electron chi connectivity index (χ2n) is 3.66. The monoisotopic (exact) mass is 166 g/mol. The molecule has 1 N–H and O–H groups in total. The van der Waals surface area contributed by atoms with Gasteiger partial charge in [-0.3, -0.25) is 0 Å². The predicted molar refractivity (Wildman–Crippen MR) is 45.7 cm³/mol. The third-order valence-electron chi connectivity index (χ3n) is 2.46. The molecule has 0 bridgehead atoms. The summed E-state index contributed by atoms with van der Waals surface area (Å²) in [6.45, 7) is 1.97. The summed E-state index contributed by atoms with van der Waals surface area (Å²) in [5.41, 5.74) is 1.06. The van der Waals surface area contributed by atoms with Gasteiger partial charge in [0.15, 0.2) is 0 Å². The zero-order valence-corrected chi connectivity index (χ0v) is 7.29. The lowest BCUT2D eigenvalue weighted by Gasteiger charge is -2.06. The lowest BCUT2D eigenvalue weighted by atomic mass is 10.1. The first kappa shape index (κ1) is 7.87. The average molecular weight is 166 g/mol. The molecule has 1 unspecified atom stereocenters. The van der Waals surface area contributed by atoms with E-state index in [0.717, 1.165) is 23.7 Å². The second-order valence-corrected chi connectivity index (χ2v) is 3.66. The van der Waals surface area contributed by atoms with Gasteiger partial charge >= 0.3 is 0 Å². The van der Waals surface area contributed by atoms with Crippen LogP contribution in [-0.2, 0) is 0 Å². The van der Waals surface area contributed by atoms with Gasteiger partial charge in [0.1, 0.15) is 11.9 Å². The highest BCUT2D eigenvalue weighted by Crippen LogP contribution is 2.38. The molecule has 1 saturated carbocycles. The van der Waals surface area contributed by atoms with Crippen LogP contribution in [-0.4, -0.2) is 5.11 Å². The standard InChI is InChI=1S/C10H14O2/c1-7-4-5-12-10(7)9(11)6-8-2-3-8/h4-5,8-9,11H,2-3,6H2,1H3. The Kier molecular flexibility index (Phi) is 1.93. The SMILES string of the molecule is Cc1ccoc1C(O)CC1CC1. The summed E-state index contributed by atoms with van der Waals surface area (Å²) in [6.07, 6.45) is 4.68. The average Bonchev–Trinajstić information content (AvgIpc) is 2.72. The van der Waals surface area contributed by atoms with Gasteiger partial charge in [0.05, 0.1) is 6.26 Å². The van der Waals surface area contributed by atoms with Gasteiger partial charge in [-0.05, 0) is 30.9 Å². The van der Waals surface area contributed by atoms with Crippen LogP contribution in [0.1, 0.15) is 36.7 Å². The van der Waals surface area contributed by atoms with Crippen molar-refractivity contribution >= 4 is 0 Å². The first-order chi connectivity index (χ1) is 5.77. The van der Waals surface area contributed by atoms with E-state index in [0.29, 0.717) is 0 Å². The minimum absolute atomic E-state index is 0.382. The summed E-state index contributed by atoms with van der Waals surface area (Å²) in [7, 11) is 0. The van der Waals surface area contributed by atoms with E-state index in [1.165, 1.54) is 12.8 Å². The van der Waals surface area contributed by atoms with E-state index in [2.05, 4.69) is 0 Å². The van der Waals surface area contributed by atoms with Crippen LogP contribution in [0.5, 0.6) is 0 Å². The molecule has 2 heteroatoms. The number of hydrogen-bond donors (Lipinski definition) is 1. The molecule has 2 nitrogen and oxygen atoms in total. The zero-order valence-electron chi connectivity index (χ0n) is 7.29. The highest BCUT2D eigenvalue weighted by molar-refractivity contribution is 5.16. The van der Waals surface area contributed by atoms with Crippen molar-refractivity contribution in [2.75, 3.05) is 0 Å². The van der Waals surface area contributed by atoms with Crippen LogP contribution < -0.4 is 0 Å². The van der Waals surface area contributed by atoms with Crippen LogP contribution in [0.4, 0.5) is 0 Å². The van der Waals surface area contributed by atoms with Gasteiger partial charge in [-0.25, -0.2) is 0 Å². The number of hydrogen-bond acceptors (Lipinski definition) is 2. The lowest BCUT2D eigenvalue weighted by molar-refractivity contribution is 0.133. The van der Waals surface area contributed by atoms with Gasteiger partial charge in [-0.1, -0.05) is 12.8 Å². The van der Waals surface area contributed by atoms with Gasteiger partial charge < -0.3 is 9.52 Å². The molecule has 1 aliphatic rings. The van der Waals surface area contributed by atoms with Crippen LogP contribution in [0.2, 0.25) is 0 Å². The van der Waals surface area contributed by atoms with Crippen molar-refractivity contribution in [3.63, 3.8) is 0 Å². The molecule has 12 heavy (non-hydrogen) atoms. The quantitative estimate of drug-likeness (QED) is 0.748. The molecule has 1 atom stereocenters. The van der Waals surface area contributed by atoms with Crippen molar-refractivity contribution in [3.8, 4) is 0 Å². The maximum atomic E-state index is 9.71. The second kappa shape index (κ2) is 2.94. The summed E-state index contributed by atoms with van der Waals surface area (Å²) in [6, 6.07) is 1.89. The Bertz CT molecular complexity index is 261. The molecule has 0 aromatic carbocycles. The Hall–Kier alpha value is -0.760. The molecule has 1 heterocycles. The topological polar surface area (TPSA) is 33.4 Å². The Labute approximate surface area is 72.2 Å². The van der Waals surface area contributed by atoms with E-state index in [9.17, 15) is 5.11 Å². The van der Waals surface area contributed by atoms with E-state index in [4.69, 9.17) is 4.42 Å². The summed E-state index contributed by atoms with van der Waals surface area (Å²) < 4.78 is 5.20. The number of aliphatic hydroxyl groups excluding tert-OH is 1. The van der Waals surface area contributed by atoms with Gasteiger partial charge in [-0.2, -0.15) is 0 Å². The predicted octanol–water partition coefficient (Wildman–Crippen LogP) is 2.42. The van der Waals surface area contributed by atoms with E-state index >= 15 is 0 Å².